The number of carbonyl (C=O) groups excluding carboxylic acids is 1. The summed E-state index contributed by atoms with van der Waals surface area (Å²) in [6, 6.07) is 9.24. The molecule has 4 nitrogen and oxygen atoms in total. The number of carbonyl (C=O) groups is 1. The lowest BCUT2D eigenvalue weighted by Crippen LogP contribution is -2.04. The van der Waals surface area contributed by atoms with Crippen LogP contribution in [0.3, 0.4) is 0 Å². The Morgan fingerprint density at radius 2 is 1.85 bits per heavy atom. The molecule has 1 aromatic heterocycles. The van der Waals surface area contributed by atoms with Crippen LogP contribution in [0.4, 0.5) is 13.2 Å². The normalized spacial score (nSPS) is 11.4. The van der Waals surface area contributed by atoms with Gasteiger partial charge in [0.25, 0.3) is 0 Å². The first kappa shape index (κ1) is 18.0. The monoisotopic (exact) mass is 381 g/mol. The Labute approximate surface area is 151 Å². The zero-order valence-corrected chi connectivity index (χ0v) is 14.1. The predicted molar refractivity (Wildman–Crippen MR) is 88.7 cm³/mol. The van der Waals surface area contributed by atoms with Gasteiger partial charge in [0, 0.05) is 5.56 Å². The van der Waals surface area contributed by atoms with E-state index in [0.29, 0.717) is 16.9 Å². The van der Waals surface area contributed by atoms with Gasteiger partial charge in [-0.05, 0) is 30.3 Å². The first-order valence-electron chi connectivity index (χ1n) is 7.31. The number of methoxy groups -OCH3 is 1. The van der Waals surface area contributed by atoms with Gasteiger partial charge in [-0.2, -0.15) is 13.2 Å². The Morgan fingerprint density at radius 3 is 2.46 bits per heavy atom. The summed E-state index contributed by atoms with van der Waals surface area (Å²) in [6.45, 7) is 0. The maximum absolute atomic E-state index is 12.9. The van der Waals surface area contributed by atoms with Crippen molar-refractivity contribution in [1.82, 2.24) is 4.98 Å². The van der Waals surface area contributed by atoms with E-state index in [1.807, 2.05) is 0 Å². The fraction of sp³-hybridized carbons (Fsp3) is 0.111. The van der Waals surface area contributed by atoms with Crippen molar-refractivity contribution in [2.45, 2.75) is 6.18 Å². The van der Waals surface area contributed by atoms with Crippen LogP contribution in [0.25, 0.3) is 22.8 Å². The number of rotatable bonds is 3. The second-order valence-corrected chi connectivity index (χ2v) is 5.70. The highest BCUT2D eigenvalue weighted by molar-refractivity contribution is 6.33. The lowest BCUT2D eigenvalue weighted by atomic mass is 10.1. The van der Waals surface area contributed by atoms with E-state index < -0.39 is 17.7 Å². The molecule has 2 aromatic carbocycles. The molecular weight excluding hydrogens is 371 g/mol. The van der Waals surface area contributed by atoms with Gasteiger partial charge in [-0.3, -0.25) is 0 Å². The number of benzene rings is 2. The van der Waals surface area contributed by atoms with Crippen LogP contribution in [0.15, 0.2) is 53.1 Å². The van der Waals surface area contributed by atoms with Crippen molar-refractivity contribution >= 4 is 17.6 Å². The summed E-state index contributed by atoms with van der Waals surface area (Å²) in [5.74, 6) is -0.191. The minimum Gasteiger partial charge on any atom is -0.465 e. The van der Waals surface area contributed by atoms with E-state index in [0.717, 1.165) is 18.2 Å². The summed E-state index contributed by atoms with van der Waals surface area (Å²) in [7, 11) is 1.28. The zero-order valence-electron chi connectivity index (χ0n) is 13.3. The van der Waals surface area contributed by atoms with Crippen LogP contribution < -0.4 is 0 Å². The number of nitrogens with zero attached hydrogens (tertiary/aromatic N) is 1. The number of hydrogen-bond acceptors (Lipinski definition) is 4. The fourth-order valence-electron chi connectivity index (χ4n) is 2.29. The molecule has 8 heteroatoms. The number of esters is 1. The fourth-order valence-corrected chi connectivity index (χ4v) is 2.48. The number of aromatic nitrogens is 1. The van der Waals surface area contributed by atoms with Crippen molar-refractivity contribution in [3.63, 3.8) is 0 Å². The van der Waals surface area contributed by atoms with Gasteiger partial charge in [-0.15, -0.1) is 0 Å². The molecule has 0 N–H and O–H groups in total. The lowest BCUT2D eigenvalue weighted by molar-refractivity contribution is -0.137. The maximum Gasteiger partial charge on any atom is 0.416 e. The third kappa shape index (κ3) is 3.57. The van der Waals surface area contributed by atoms with E-state index in [1.165, 1.54) is 13.3 Å². The molecule has 0 bridgehead atoms. The Morgan fingerprint density at radius 1 is 1.15 bits per heavy atom. The molecule has 26 heavy (non-hydrogen) atoms. The SMILES string of the molecule is COC(=O)c1ccc(-c2cnc(-c3cc(C(F)(F)F)ccc3Cl)o2)cc1. The summed E-state index contributed by atoms with van der Waals surface area (Å²) in [5.41, 5.74) is 0.148. The summed E-state index contributed by atoms with van der Waals surface area (Å²) < 4.78 is 48.8. The van der Waals surface area contributed by atoms with Crippen LogP contribution in [-0.4, -0.2) is 18.1 Å². The minimum atomic E-state index is -4.50. The van der Waals surface area contributed by atoms with E-state index in [2.05, 4.69) is 9.72 Å². The number of ether oxygens (including phenoxy) is 1. The van der Waals surface area contributed by atoms with Crippen molar-refractivity contribution in [2.75, 3.05) is 7.11 Å². The molecule has 0 spiro atoms. The van der Waals surface area contributed by atoms with E-state index in [1.54, 1.807) is 24.3 Å². The summed E-state index contributed by atoms with van der Waals surface area (Å²) in [4.78, 5) is 15.4. The van der Waals surface area contributed by atoms with Gasteiger partial charge in [0.2, 0.25) is 5.89 Å². The first-order chi connectivity index (χ1) is 12.3. The van der Waals surface area contributed by atoms with E-state index in [4.69, 9.17) is 16.0 Å². The third-order valence-corrected chi connectivity index (χ3v) is 3.95. The highest BCUT2D eigenvalue weighted by Crippen LogP contribution is 2.36. The molecule has 3 aromatic rings. The molecule has 0 fully saturated rings. The van der Waals surface area contributed by atoms with Crippen molar-refractivity contribution in [1.29, 1.82) is 0 Å². The van der Waals surface area contributed by atoms with Crippen molar-refractivity contribution < 1.29 is 27.1 Å². The maximum atomic E-state index is 12.9. The Kier molecular flexibility index (Phi) is 4.73. The average molecular weight is 382 g/mol. The summed E-state index contributed by atoms with van der Waals surface area (Å²) in [6.07, 6.45) is -3.13. The highest BCUT2D eigenvalue weighted by atomic mass is 35.5. The minimum absolute atomic E-state index is 0.0341. The molecule has 134 valence electrons. The van der Waals surface area contributed by atoms with E-state index in [9.17, 15) is 18.0 Å². The van der Waals surface area contributed by atoms with Crippen LogP contribution in [0.1, 0.15) is 15.9 Å². The first-order valence-corrected chi connectivity index (χ1v) is 7.69. The van der Waals surface area contributed by atoms with Crippen LogP contribution in [0, 0.1) is 0 Å². The molecule has 0 saturated carbocycles. The molecule has 0 aliphatic carbocycles. The molecule has 0 saturated heterocycles. The second-order valence-electron chi connectivity index (χ2n) is 5.29. The van der Waals surface area contributed by atoms with E-state index in [-0.39, 0.29) is 16.5 Å². The number of alkyl halides is 3. The molecular formula is C18H11ClF3NO3. The summed E-state index contributed by atoms with van der Waals surface area (Å²) in [5, 5.41) is 0.0902. The molecule has 1 heterocycles. The third-order valence-electron chi connectivity index (χ3n) is 3.62. The topological polar surface area (TPSA) is 52.3 Å². The lowest BCUT2D eigenvalue weighted by Gasteiger charge is -2.08. The number of halogens is 4. The average Bonchev–Trinajstić information content (AvgIpc) is 3.10. The van der Waals surface area contributed by atoms with Gasteiger partial charge >= 0.3 is 12.1 Å². The zero-order chi connectivity index (χ0) is 18.9. The second kappa shape index (κ2) is 6.84. The number of oxazole rings is 1. The van der Waals surface area contributed by atoms with Gasteiger partial charge < -0.3 is 9.15 Å². The molecule has 0 aliphatic rings. The van der Waals surface area contributed by atoms with Crippen LogP contribution in [-0.2, 0) is 10.9 Å². The van der Waals surface area contributed by atoms with Crippen LogP contribution in [0.5, 0.6) is 0 Å². The standard InChI is InChI=1S/C18H11ClF3NO3/c1-25-17(24)11-4-2-10(3-5-11)15-9-23-16(26-15)13-8-12(18(20,21)22)6-7-14(13)19/h2-9H,1H3. The molecule has 0 atom stereocenters. The van der Waals surface area contributed by atoms with Crippen molar-refractivity contribution in [3.05, 3.63) is 64.8 Å². The molecule has 0 unspecified atom stereocenters. The van der Waals surface area contributed by atoms with Crippen LogP contribution in [0.2, 0.25) is 5.02 Å². The van der Waals surface area contributed by atoms with Gasteiger partial charge in [0.15, 0.2) is 5.76 Å². The van der Waals surface area contributed by atoms with Gasteiger partial charge in [0.1, 0.15) is 0 Å². The Balaban J connectivity index is 1.94. The largest absolute Gasteiger partial charge is 0.465 e. The van der Waals surface area contributed by atoms with E-state index >= 15 is 0 Å². The molecule has 0 radical (unpaired) electrons. The molecule has 0 amide bonds. The predicted octanol–water partition coefficient (Wildman–Crippen LogP) is 5.47. The van der Waals surface area contributed by atoms with Gasteiger partial charge in [-0.25, -0.2) is 9.78 Å². The molecule has 3 rings (SSSR count). The molecule has 0 aliphatic heterocycles. The van der Waals surface area contributed by atoms with Crippen molar-refractivity contribution in [3.8, 4) is 22.8 Å². The van der Waals surface area contributed by atoms with Crippen LogP contribution >= 0.6 is 11.6 Å². The quantitative estimate of drug-likeness (QED) is 0.565. The van der Waals surface area contributed by atoms with Gasteiger partial charge in [-0.1, -0.05) is 23.7 Å². The number of hydrogen-bond donors (Lipinski definition) is 0. The smallest absolute Gasteiger partial charge is 0.416 e. The Bertz CT molecular complexity index is 949. The Hall–Kier alpha value is -2.80. The summed E-state index contributed by atoms with van der Waals surface area (Å²) >= 11 is 5.99. The highest BCUT2D eigenvalue weighted by Gasteiger charge is 2.31. The van der Waals surface area contributed by atoms with Crippen molar-refractivity contribution in [2.24, 2.45) is 0 Å². The van der Waals surface area contributed by atoms with Gasteiger partial charge in [0.05, 0.1) is 35.0 Å².